The summed E-state index contributed by atoms with van der Waals surface area (Å²) in [7, 11) is 0. The fraction of sp³-hybridized carbons (Fsp3) is 0.0185. The maximum absolute atomic E-state index is 5.18. The minimum absolute atomic E-state index is 0.631. The van der Waals surface area contributed by atoms with Gasteiger partial charge in [-0.1, -0.05) is 194 Å². The lowest BCUT2D eigenvalue weighted by molar-refractivity contribution is 0.719. The molecule has 0 saturated carbocycles. The average Bonchev–Trinajstić information content (AvgIpc) is 3.81. The molecule has 1 aliphatic rings. The van der Waals surface area contributed by atoms with Gasteiger partial charge in [0.15, 0.2) is 17.5 Å². The van der Waals surface area contributed by atoms with Crippen molar-refractivity contribution in [2.24, 2.45) is 0 Å². The first-order valence-electron chi connectivity index (χ1n) is 19.7. The van der Waals surface area contributed by atoms with Gasteiger partial charge in [0.2, 0.25) is 0 Å². The smallest absolute Gasteiger partial charge is 0.164 e. The Morgan fingerprint density at radius 2 is 0.793 bits per heavy atom. The van der Waals surface area contributed by atoms with E-state index < -0.39 is 5.41 Å². The van der Waals surface area contributed by atoms with Gasteiger partial charge >= 0.3 is 0 Å². The lowest BCUT2D eigenvalue weighted by Gasteiger charge is -2.35. The van der Waals surface area contributed by atoms with E-state index in [1.54, 1.807) is 0 Å². The molecule has 58 heavy (non-hydrogen) atoms. The summed E-state index contributed by atoms with van der Waals surface area (Å²) in [5.74, 6) is 1.91. The zero-order chi connectivity index (χ0) is 38.5. The van der Waals surface area contributed by atoms with Gasteiger partial charge in [0, 0.05) is 33.3 Å². The highest BCUT2D eigenvalue weighted by atomic mass is 15.0. The van der Waals surface area contributed by atoms with Crippen LogP contribution in [0.1, 0.15) is 22.4 Å². The van der Waals surface area contributed by atoms with Crippen LogP contribution >= 0.6 is 0 Å². The average molecular weight is 741 g/mol. The predicted molar refractivity (Wildman–Crippen MR) is 236 cm³/mol. The van der Waals surface area contributed by atoms with Crippen LogP contribution in [0.25, 0.3) is 73.0 Å². The van der Waals surface area contributed by atoms with Crippen LogP contribution in [0.5, 0.6) is 0 Å². The summed E-state index contributed by atoms with van der Waals surface area (Å²) < 4.78 is 2.50. The van der Waals surface area contributed by atoms with Crippen LogP contribution in [-0.2, 0) is 5.41 Å². The zero-order valence-corrected chi connectivity index (χ0v) is 31.6. The summed E-state index contributed by atoms with van der Waals surface area (Å²) in [6.07, 6.45) is 0. The zero-order valence-electron chi connectivity index (χ0n) is 31.6. The molecule has 2 aromatic heterocycles. The van der Waals surface area contributed by atoms with Gasteiger partial charge in [-0.25, -0.2) is 15.0 Å². The monoisotopic (exact) mass is 740 g/mol. The molecule has 10 aromatic rings. The third kappa shape index (κ3) is 5.34. The molecule has 0 radical (unpaired) electrons. The van der Waals surface area contributed by atoms with E-state index in [4.69, 9.17) is 15.0 Å². The van der Waals surface area contributed by atoms with Crippen molar-refractivity contribution in [1.29, 1.82) is 0 Å². The second-order valence-corrected chi connectivity index (χ2v) is 14.8. The Kier molecular flexibility index (Phi) is 8.00. The minimum Gasteiger partial charge on any atom is -0.311 e. The van der Waals surface area contributed by atoms with Crippen LogP contribution in [0.15, 0.2) is 218 Å². The molecule has 0 atom stereocenters. The number of benzene rings is 8. The molecule has 4 heteroatoms. The molecule has 0 amide bonds. The Hall–Kier alpha value is -7.69. The maximum Gasteiger partial charge on any atom is 0.164 e. The first-order chi connectivity index (χ1) is 28.8. The molecule has 0 spiro atoms. The van der Waals surface area contributed by atoms with Crippen molar-refractivity contribution in [3.05, 3.63) is 241 Å². The van der Waals surface area contributed by atoms with Gasteiger partial charge in [0.1, 0.15) is 0 Å². The van der Waals surface area contributed by atoms with Crippen molar-refractivity contribution in [3.8, 4) is 62.1 Å². The van der Waals surface area contributed by atoms with E-state index in [1.165, 1.54) is 55.5 Å². The normalized spacial score (nSPS) is 12.6. The van der Waals surface area contributed by atoms with Gasteiger partial charge in [-0.2, -0.15) is 0 Å². The first-order valence-corrected chi connectivity index (χ1v) is 19.7. The summed E-state index contributed by atoms with van der Waals surface area (Å²) in [6, 6.07) is 77.6. The van der Waals surface area contributed by atoms with Crippen LogP contribution in [0.3, 0.4) is 0 Å². The molecule has 0 saturated heterocycles. The molecule has 1 aliphatic carbocycles. The van der Waals surface area contributed by atoms with E-state index in [1.807, 2.05) is 36.4 Å². The van der Waals surface area contributed by atoms with Crippen molar-refractivity contribution in [2.75, 3.05) is 0 Å². The Bertz CT molecular complexity index is 2970. The number of fused-ring (bicyclic) bond motifs is 5. The molecule has 8 aromatic carbocycles. The Labute approximate surface area is 337 Å². The molecule has 11 rings (SSSR count). The molecule has 0 bridgehead atoms. The Morgan fingerprint density at radius 1 is 0.362 bits per heavy atom. The van der Waals surface area contributed by atoms with Crippen molar-refractivity contribution < 1.29 is 0 Å². The van der Waals surface area contributed by atoms with Gasteiger partial charge in [0.25, 0.3) is 0 Å². The highest BCUT2D eigenvalue weighted by Crippen LogP contribution is 2.60. The summed E-state index contributed by atoms with van der Waals surface area (Å²) in [5, 5.41) is 1.21. The first kappa shape index (κ1) is 33.6. The third-order valence-corrected chi connectivity index (χ3v) is 11.5. The van der Waals surface area contributed by atoms with Crippen molar-refractivity contribution >= 4 is 10.9 Å². The molecule has 272 valence electrons. The highest BCUT2D eigenvalue weighted by Gasteiger charge is 2.50. The maximum atomic E-state index is 5.18. The second kappa shape index (κ2) is 13.8. The molecule has 0 N–H and O–H groups in total. The van der Waals surface area contributed by atoms with Crippen molar-refractivity contribution in [1.82, 2.24) is 19.5 Å². The fourth-order valence-corrected chi connectivity index (χ4v) is 8.97. The van der Waals surface area contributed by atoms with Crippen LogP contribution in [-0.4, -0.2) is 19.5 Å². The summed E-state index contributed by atoms with van der Waals surface area (Å²) in [5.41, 5.74) is 14.0. The van der Waals surface area contributed by atoms with Crippen LogP contribution < -0.4 is 0 Å². The van der Waals surface area contributed by atoms with Gasteiger partial charge < -0.3 is 4.57 Å². The lowest BCUT2D eigenvalue weighted by atomic mass is 9.69. The van der Waals surface area contributed by atoms with Crippen LogP contribution in [0.4, 0.5) is 0 Å². The van der Waals surface area contributed by atoms with E-state index in [9.17, 15) is 0 Å². The topological polar surface area (TPSA) is 43.6 Å². The SMILES string of the molecule is c1ccc(-c2ccc(-n3c4c(c5ccccc53)-c3ccc(-c5nc(-c6ccccc6)nc(-c6ccccc6)n5)cc3C4(c3ccccc3)c3ccccc3)cc2)cc1. The molecule has 4 nitrogen and oxygen atoms in total. The standard InChI is InChI=1S/C54H36N4/c1-6-18-37(19-7-1)38-30-33-44(34-31-38)58-48-29-17-16-28-46(48)49-45-35-32-41(36-47(45)54(50(49)58,42-24-12-4-13-25-42)43-26-14-5-15-27-43)53-56-51(39-20-8-2-9-21-39)55-52(57-53)40-22-10-3-11-23-40/h1-36H. The fourth-order valence-electron chi connectivity index (χ4n) is 8.97. The number of hydrogen-bond acceptors (Lipinski definition) is 3. The molecule has 0 unspecified atom stereocenters. The predicted octanol–water partition coefficient (Wildman–Crippen LogP) is 12.8. The lowest BCUT2D eigenvalue weighted by Crippen LogP contribution is -2.31. The van der Waals surface area contributed by atoms with Gasteiger partial charge in [-0.05, 0) is 57.6 Å². The number of rotatable bonds is 7. The van der Waals surface area contributed by atoms with Gasteiger partial charge in [-0.3, -0.25) is 0 Å². The van der Waals surface area contributed by atoms with Crippen molar-refractivity contribution in [3.63, 3.8) is 0 Å². The minimum atomic E-state index is -0.697. The highest BCUT2D eigenvalue weighted by molar-refractivity contribution is 6.05. The van der Waals surface area contributed by atoms with E-state index in [2.05, 4.69) is 187 Å². The van der Waals surface area contributed by atoms with E-state index in [0.717, 1.165) is 22.4 Å². The van der Waals surface area contributed by atoms with Crippen LogP contribution in [0.2, 0.25) is 0 Å². The van der Waals surface area contributed by atoms with E-state index in [0.29, 0.717) is 17.5 Å². The molecular formula is C54H36N4. The summed E-state index contributed by atoms with van der Waals surface area (Å²) in [4.78, 5) is 15.4. The number of nitrogens with zero attached hydrogens (tertiary/aromatic N) is 4. The van der Waals surface area contributed by atoms with Crippen LogP contribution in [0, 0.1) is 0 Å². The number of hydrogen-bond donors (Lipinski definition) is 0. The third-order valence-electron chi connectivity index (χ3n) is 11.5. The van der Waals surface area contributed by atoms with E-state index >= 15 is 0 Å². The molecule has 0 aliphatic heterocycles. The molecular weight excluding hydrogens is 705 g/mol. The van der Waals surface area contributed by atoms with Gasteiger partial charge in [0.05, 0.1) is 16.6 Å². The molecule has 2 heterocycles. The molecule has 0 fully saturated rings. The second-order valence-electron chi connectivity index (χ2n) is 14.8. The number of para-hydroxylation sites is 1. The summed E-state index contributed by atoms with van der Waals surface area (Å²) >= 11 is 0. The Morgan fingerprint density at radius 3 is 1.34 bits per heavy atom. The number of aromatic nitrogens is 4. The largest absolute Gasteiger partial charge is 0.311 e. The van der Waals surface area contributed by atoms with Crippen molar-refractivity contribution in [2.45, 2.75) is 5.41 Å². The Balaban J connectivity index is 1.21. The quantitative estimate of drug-likeness (QED) is 0.163. The van der Waals surface area contributed by atoms with E-state index in [-0.39, 0.29) is 0 Å². The summed E-state index contributed by atoms with van der Waals surface area (Å²) in [6.45, 7) is 0. The van der Waals surface area contributed by atoms with Gasteiger partial charge in [-0.15, -0.1) is 0 Å².